The lowest BCUT2D eigenvalue weighted by molar-refractivity contribution is 0.163. The highest BCUT2D eigenvalue weighted by Gasteiger charge is 2.07. The van der Waals surface area contributed by atoms with Gasteiger partial charge in [0.1, 0.15) is 5.82 Å². The highest BCUT2D eigenvalue weighted by molar-refractivity contribution is 9.10. The van der Waals surface area contributed by atoms with E-state index in [0.717, 1.165) is 10.9 Å². The lowest BCUT2D eigenvalue weighted by Gasteiger charge is -2.16. The third-order valence-electron chi connectivity index (χ3n) is 2.46. The van der Waals surface area contributed by atoms with Crippen molar-refractivity contribution >= 4 is 15.9 Å². The SMILES string of the molecule is CCC(COC)NCc1ccc(Br)cc1F. The number of ether oxygens (including phenoxy) is 1. The van der Waals surface area contributed by atoms with Gasteiger partial charge in [-0.2, -0.15) is 0 Å². The van der Waals surface area contributed by atoms with Crippen molar-refractivity contribution in [3.8, 4) is 0 Å². The predicted octanol–water partition coefficient (Wildman–Crippen LogP) is 3.10. The van der Waals surface area contributed by atoms with Crippen LogP contribution in [0.3, 0.4) is 0 Å². The number of benzene rings is 1. The summed E-state index contributed by atoms with van der Waals surface area (Å²) in [7, 11) is 1.67. The Bertz CT molecular complexity index is 333. The molecule has 0 fully saturated rings. The van der Waals surface area contributed by atoms with Crippen LogP contribution in [0, 0.1) is 5.82 Å². The molecule has 0 saturated heterocycles. The molecule has 1 aromatic carbocycles. The van der Waals surface area contributed by atoms with E-state index < -0.39 is 0 Å². The van der Waals surface area contributed by atoms with E-state index >= 15 is 0 Å². The summed E-state index contributed by atoms with van der Waals surface area (Å²) in [4.78, 5) is 0. The molecule has 0 radical (unpaired) electrons. The summed E-state index contributed by atoms with van der Waals surface area (Å²) < 4.78 is 19.3. The second kappa shape index (κ2) is 6.99. The molecule has 0 aliphatic rings. The average molecular weight is 290 g/mol. The number of halogens is 2. The van der Waals surface area contributed by atoms with Crippen molar-refractivity contribution in [3.05, 3.63) is 34.1 Å². The van der Waals surface area contributed by atoms with Crippen LogP contribution in [0.25, 0.3) is 0 Å². The Kier molecular flexibility index (Phi) is 5.95. The van der Waals surface area contributed by atoms with E-state index in [1.807, 2.05) is 6.07 Å². The zero-order chi connectivity index (χ0) is 12.0. The molecule has 2 nitrogen and oxygen atoms in total. The highest BCUT2D eigenvalue weighted by atomic mass is 79.9. The lowest BCUT2D eigenvalue weighted by Crippen LogP contribution is -2.32. The zero-order valence-corrected chi connectivity index (χ0v) is 11.2. The summed E-state index contributed by atoms with van der Waals surface area (Å²) in [6, 6.07) is 5.38. The molecule has 1 unspecified atom stereocenters. The van der Waals surface area contributed by atoms with E-state index in [1.165, 1.54) is 6.07 Å². The quantitative estimate of drug-likeness (QED) is 0.869. The van der Waals surface area contributed by atoms with Gasteiger partial charge in [-0.05, 0) is 18.6 Å². The van der Waals surface area contributed by atoms with Crippen LogP contribution in [0.2, 0.25) is 0 Å². The predicted molar refractivity (Wildman–Crippen MR) is 66.9 cm³/mol. The first-order valence-electron chi connectivity index (χ1n) is 5.33. The second-order valence-electron chi connectivity index (χ2n) is 3.68. The fraction of sp³-hybridized carbons (Fsp3) is 0.500. The Morgan fingerprint density at radius 3 is 2.81 bits per heavy atom. The maximum Gasteiger partial charge on any atom is 0.128 e. The van der Waals surface area contributed by atoms with Crippen molar-refractivity contribution in [3.63, 3.8) is 0 Å². The molecule has 0 heterocycles. The first-order chi connectivity index (χ1) is 7.67. The minimum absolute atomic E-state index is 0.186. The standard InChI is InChI=1S/C12H17BrFNO/c1-3-11(8-16-2)15-7-9-4-5-10(13)6-12(9)14/h4-6,11,15H,3,7-8H2,1-2H3. The van der Waals surface area contributed by atoms with E-state index in [2.05, 4.69) is 28.2 Å². The highest BCUT2D eigenvalue weighted by Crippen LogP contribution is 2.15. The van der Waals surface area contributed by atoms with Crippen molar-refractivity contribution in [2.75, 3.05) is 13.7 Å². The molecule has 1 atom stereocenters. The molecule has 1 N–H and O–H groups in total. The molecule has 0 spiro atoms. The maximum atomic E-state index is 13.5. The number of hydrogen-bond acceptors (Lipinski definition) is 2. The van der Waals surface area contributed by atoms with Gasteiger partial charge in [-0.25, -0.2) is 4.39 Å². The minimum atomic E-state index is -0.186. The molecule has 0 saturated carbocycles. The topological polar surface area (TPSA) is 21.3 Å². The summed E-state index contributed by atoms with van der Waals surface area (Å²) >= 11 is 3.23. The van der Waals surface area contributed by atoms with E-state index in [9.17, 15) is 4.39 Å². The molecule has 0 amide bonds. The van der Waals surface area contributed by atoms with Crippen LogP contribution in [0.15, 0.2) is 22.7 Å². The van der Waals surface area contributed by atoms with Crippen molar-refractivity contribution in [2.24, 2.45) is 0 Å². The van der Waals surface area contributed by atoms with Crippen LogP contribution in [-0.2, 0) is 11.3 Å². The molecule has 16 heavy (non-hydrogen) atoms. The molecule has 90 valence electrons. The van der Waals surface area contributed by atoms with E-state index in [4.69, 9.17) is 4.74 Å². The molecule has 0 bridgehead atoms. The van der Waals surface area contributed by atoms with Gasteiger partial charge in [-0.3, -0.25) is 0 Å². The normalized spacial score (nSPS) is 12.8. The van der Waals surface area contributed by atoms with Gasteiger partial charge in [0.2, 0.25) is 0 Å². The van der Waals surface area contributed by atoms with Crippen molar-refractivity contribution < 1.29 is 9.13 Å². The van der Waals surface area contributed by atoms with Crippen LogP contribution >= 0.6 is 15.9 Å². The van der Waals surface area contributed by atoms with E-state index in [0.29, 0.717) is 18.7 Å². The van der Waals surface area contributed by atoms with Crippen molar-refractivity contribution in [1.29, 1.82) is 0 Å². The van der Waals surface area contributed by atoms with Crippen LogP contribution in [-0.4, -0.2) is 19.8 Å². The fourth-order valence-electron chi connectivity index (χ4n) is 1.44. The zero-order valence-electron chi connectivity index (χ0n) is 9.59. The van der Waals surface area contributed by atoms with Crippen LogP contribution < -0.4 is 5.32 Å². The van der Waals surface area contributed by atoms with Gasteiger partial charge in [-0.1, -0.05) is 28.9 Å². The van der Waals surface area contributed by atoms with Gasteiger partial charge >= 0.3 is 0 Å². The molecule has 1 rings (SSSR count). The average Bonchev–Trinajstić information content (AvgIpc) is 2.26. The minimum Gasteiger partial charge on any atom is -0.383 e. The molecular formula is C12H17BrFNO. The molecule has 1 aromatic rings. The molecule has 0 aliphatic heterocycles. The molecular weight excluding hydrogens is 273 g/mol. The van der Waals surface area contributed by atoms with Crippen molar-refractivity contribution in [2.45, 2.75) is 25.9 Å². The summed E-state index contributed by atoms with van der Waals surface area (Å²) in [6.45, 7) is 3.25. The number of rotatable bonds is 6. The lowest BCUT2D eigenvalue weighted by atomic mass is 10.2. The van der Waals surface area contributed by atoms with Crippen LogP contribution in [0.1, 0.15) is 18.9 Å². The first kappa shape index (κ1) is 13.6. The summed E-state index contributed by atoms with van der Waals surface area (Å²) in [6.07, 6.45) is 0.964. The van der Waals surface area contributed by atoms with Crippen LogP contribution in [0.5, 0.6) is 0 Å². The van der Waals surface area contributed by atoms with E-state index in [1.54, 1.807) is 13.2 Å². The largest absolute Gasteiger partial charge is 0.383 e. The summed E-state index contributed by atoms with van der Waals surface area (Å²) in [5, 5.41) is 3.27. The first-order valence-corrected chi connectivity index (χ1v) is 6.13. The van der Waals surface area contributed by atoms with Crippen molar-refractivity contribution in [1.82, 2.24) is 5.32 Å². The maximum absolute atomic E-state index is 13.5. The van der Waals surface area contributed by atoms with Gasteiger partial charge in [0.25, 0.3) is 0 Å². The number of nitrogens with one attached hydrogen (secondary N) is 1. The van der Waals surface area contributed by atoms with Gasteiger partial charge in [-0.15, -0.1) is 0 Å². The Morgan fingerprint density at radius 2 is 2.25 bits per heavy atom. The van der Waals surface area contributed by atoms with E-state index in [-0.39, 0.29) is 11.9 Å². The molecule has 0 aromatic heterocycles. The monoisotopic (exact) mass is 289 g/mol. The number of methoxy groups -OCH3 is 1. The fourth-order valence-corrected chi connectivity index (χ4v) is 1.77. The van der Waals surface area contributed by atoms with Gasteiger partial charge < -0.3 is 10.1 Å². The smallest absolute Gasteiger partial charge is 0.128 e. The Balaban J connectivity index is 2.53. The van der Waals surface area contributed by atoms with Gasteiger partial charge in [0.05, 0.1) is 6.61 Å². The third kappa shape index (κ3) is 4.20. The summed E-state index contributed by atoms with van der Waals surface area (Å²) in [5.41, 5.74) is 0.678. The summed E-state index contributed by atoms with van der Waals surface area (Å²) in [5.74, 6) is -0.186. The Morgan fingerprint density at radius 1 is 1.50 bits per heavy atom. The Labute approximate surface area is 104 Å². The molecule has 4 heteroatoms. The Hall–Kier alpha value is -0.450. The third-order valence-corrected chi connectivity index (χ3v) is 2.95. The van der Waals surface area contributed by atoms with Gasteiger partial charge in [0, 0.05) is 29.7 Å². The van der Waals surface area contributed by atoms with Crippen LogP contribution in [0.4, 0.5) is 4.39 Å². The second-order valence-corrected chi connectivity index (χ2v) is 4.59. The van der Waals surface area contributed by atoms with Gasteiger partial charge in [0.15, 0.2) is 0 Å². The number of hydrogen-bond donors (Lipinski definition) is 1. The molecule has 0 aliphatic carbocycles.